The molecule has 0 nitrogen and oxygen atoms in total. The van der Waals surface area contributed by atoms with E-state index < -0.39 is 0 Å². The molecule has 0 spiro atoms. The summed E-state index contributed by atoms with van der Waals surface area (Å²) in [4.78, 5) is 0. The topological polar surface area (TPSA) is 0 Å². The largest absolute Gasteiger partial charge is 3.00 e. The van der Waals surface area contributed by atoms with Crippen molar-refractivity contribution in [1.29, 1.82) is 0 Å². The SMILES string of the molecule is [Co+3].c1cc[cH-]c1. The van der Waals surface area contributed by atoms with E-state index in [9.17, 15) is 0 Å². The normalized spacial score (nSPS) is 6.67. The molecule has 0 heterocycles. The molecule has 6 heavy (non-hydrogen) atoms. The molecule has 0 saturated carbocycles. The first-order chi connectivity index (χ1) is 2.50. The summed E-state index contributed by atoms with van der Waals surface area (Å²) in [7, 11) is 0. The molecule has 0 N–H and O–H groups in total. The molecule has 0 bridgehead atoms. The second kappa shape index (κ2) is 3.06. The van der Waals surface area contributed by atoms with E-state index in [0.29, 0.717) is 0 Å². The molecule has 0 saturated heterocycles. The fraction of sp³-hybridized carbons (Fsp3) is 0. The Morgan fingerprint density at radius 2 is 1.50 bits per heavy atom. The van der Waals surface area contributed by atoms with Crippen molar-refractivity contribution in [1.82, 2.24) is 0 Å². The maximum atomic E-state index is 2.00. The summed E-state index contributed by atoms with van der Waals surface area (Å²) in [6, 6.07) is 10.0. The molecule has 0 fully saturated rings. The van der Waals surface area contributed by atoms with Crippen LogP contribution in [0.5, 0.6) is 0 Å². The zero-order valence-electron chi connectivity index (χ0n) is 3.22. The second-order valence-corrected chi connectivity index (χ2v) is 0.962. The molecule has 1 aromatic carbocycles. The molecule has 0 amide bonds. The molecule has 0 aliphatic carbocycles. The van der Waals surface area contributed by atoms with Crippen LogP contribution >= 0.6 is 0 Å². The van der Waals surface area contributed by atoms with Crippen molar-refractivity contribution in [2.75, 3.05) is 0 Å². The van der Waals surface area contributed by atoms with Gasteiger partial charge in [0.25, 0.3) is 0 Å². The summed E-state index contributed by atoms with van der Waals surface area (Å²) >= 11 is 0. The number of rotatable bonds is 0. The fourth-order valence-electron chi connectivity index (χ4n) is 0.321. The minimum atomic E-state index is 0. The van der Waals surface area contributed by atoms with Gasteiger partial charge in [0, 0.05) is 0 Å². The Balaban J connectivity index is 0.000000250. The summed E-state index contributed by atoms with van der Waals surface area (Å²) < 4.78 is 0. The molecule has 0 unspecified atom stereocenters. The molecular formula is C5H5Co+2. The Morgan fingerprint density at radius 1 is 1.00 bits per heavy atom. The van der Waals surface area contributed by atoms with Gasteiger partial charge in [0.15, 0.2) is 0 Å². The smallest absolute Gasteiger partial charge is 0.214 e. The molecule has 0 aliphatic heterocycles. The van der Waals surface area contributed by atoms with Crippen molar-refractivity contribution >= 4 is 0 Å². The quantitative estimate of drug-likeness (QED) is 0.458. The molecular weight excluding hydrogens is 119 g/mol. The van der Waals surface area contributed by atoms with Gasteiger partial charge in [-0.05, 0) is 0 Å². The molecule has 32 valence electrons. The maximum absolute atomic E-state index is 2.00. The van der Waals surface area contributed by atoms with Gasteiger partial charge in [0.2, 0.25) is 0 Å². The van der Waals surface area contributed by atoms with Crippen LogP contribution in [-0.4, -0.2) is 0 Å². The van der Waals surface area contributed by atoms with Gasteiger partial charge in [0.05, 0.1) is 0 Å². The zero-order valence-corrected chi connectivity index (χ0v) is 4.26. The van der Waals surface area contributed by atoms with E-state index in [2.05, 4.69) is 0 Å². The van der Waals surface area contributed by atoms with Crippen LogP contribution in [0.4, 0.5) is 0 Å². The third-order valence-electron chi connectivity index (χ3n) is 0.556. The molecule has 1 heteroatoms. The van der Waals surface area contributed by atoms with E-state index in [1.165, 1.54) is 0 Å². The van der Waals surface area contributed by atoms with Gasteiger partial charge in [-0.3, -0.25) is 0 Å². The second-order valence-electron chi connectivity index (χ2n) is 0.962. The summed E-state index contributed by atoms with van der Waals surface area (Å²) in [6.45, 7) is 0. The average Bonchev–Trinajstić information content (AvgIpc) is 1.76. The van der Waals surface area contributed by atoms with Gasteiger partial charge in [0.1, 0.15) is 0 Å². The molecule has 0 aromatic heterocycles. The first kappa shape index (κ1) is 5.86. The molecule has 0 atom stereocenters. The van der Waals surface area contributed by atoms with Gasteiger partial charge in [-0.1, -0.05) is 0 Å². The first-order valence-corrected chi connectivity index (χ1v) is 1.67. The molecule has 1 rings (SSSR count). The zero-order chi connectivity index (χ0) is 3.54. The molecule has 1 aromatic rings. The van der Waals surface area contributed by atoms with Crippen molar-refractivity contribution in [2.24, 2.45) is 0 Å². The minimum Gasteiger partial charge on any atom is -0.214 e. The third-order valence-corrected chi connectivity index (χ3v) is 0.556. The van der Waals surface area contributed by atoms with Gasteiger partial charge in [-0.2, -0.15) is 18.2 Å². The van der Waals surface area contributed by atoms with E-state index in [-0.39, 0.29) is 16.8 Å². The predicted molar refractivity (Wildman–Crippen MR) is 22.0 cm³/mol. The van der Waals surface area contributed by atoms with Crippen molar-refractivity contribution in [2.45, 2.75) is 0 Å². The Labute approximate surface area is 47.7 Å². The summed E-state index contributed by atoms with van der Waals surface area (Å²) in [5, 5.41) is 0. The van der Waals surface area contributed by atoms with Gasteiger partial charge >= 0.3 is 16.8 Å². The van der Waals surface area contributed by atoms with Crippen LogP contribution in [0.2, 0.25) is 0 Å². The Kier molecular flexibility index (Phi) is 2.99. The average molecular weight is 124 g/mol. The van der Waals surface area contributed by atoms with Crippen LogP contribution < -0.4 is 0 Å². The van der Waals surface area contributed by atoms with Crippen LogP contribution in [0.3, 0.4) is 0 Å². The monoisotopic (exact) mass is 124 g/mol. The summed E-state index contributed by atoms with van der Waals surface area (Å²) in [5.74, 6) is 0. The standard InChI is InChI=1S/C5H5.Co/c1-2-4-5-3-1;/h1-5H;/q-1;+3. The van der Waals surface area contributed by atoms with E-state index in [0.717, 1.165) is 0 Å². The Bertz CT molecular complexity index is 60.4. The number of hydrogen-bond acceptors (Lipinski definition) is 0. The number of hydrogen-bond donors (Lipinski definition) is 0. The van der Waals surface area contributed by atoms with Crippen LogP contribution in [0.15, 0.2) is 30.3 Å². The van der Waals surface area contributed by atoms with Crippen LogP contribution in [0.1, 0.15) is 0 Å². The van der Waals surface area contributed by atoms with Crippen molar-refractivity contribution in [3.63, 3.8) is 0 Å². The molecule has 0 aliphatic rings. The predicted octanol–water partition coefficient (Wildman–Crippen LogP) is 1.40. The van der Waals surface area contributed by atoms with E-state index in [1.54, 1.807) is 0 Å². The van der Waals surface area contributed by atoms with Crippen molar-refractivity contribution in [3.05, 3.63) is 30.3 Å². The van der Waals surface area contributed by atoms with Gasteiger partial charge in [-0.25, -0.2) is 12.1 Å². The van der Waals surface area contributed by atoms with E-state index in [1.807, 2.05) is 30.3 Å². The fourth-order valence-corrected chi connectivity index (χ4v) is 0.321. The Morgan fingerprint density at radius 3 is 1.67 bits per heavy atom. The molecule has 0 radical (unpaired) electrons. The third kappa shape index (κ3) is 1.33. The summed E-state index contributed by atoms with van der Waals surface area (Å²) in [6.07, 6.45) is 0. The first-order valence-electron chi connectivity index (χ1n) is 1.67. The van der Waals surface area contributed by atoms with Crippen molar-refractivity contribution < 1.29 is 16.8 Å². The van der Waals surface area contributed by atoms with E-state index >= 15 is 0 Å². The van der Waals surface area contributed by atoms with Gasteiger partial charge < -0.3 is 0 Å². The van der Waals surface area contributed by atoms with Crippen LogP contribution in [0.25, 0.3) is 0 Å². The Hall–Kier alpha value is -0.144. The summed E-state index contributed by atoms with van der Waals surface area (Å²) in [5.41, 5.74) is 0. The maximum Gasteiger partial charge on any atom is 3.00 e. The van der Waals surface area contributed by atoms with Crippen LogP contribution in [-0.2, 0) is 16.8 Å². The van der Waals surface area contributed by atoms with E-state index in [4.69, 9.17) is 0 Å². The van der Waals surface area contributed by atoms with Crippen LogP contribution in [0, 0.1) is 0 Å². The van der Waals surface area contributed by atoms with Crippen molar-refractivity contribution in [3.8, 4) is 0 Å². The minimum absolute atomic E-state index is 0. The van der Waals surface area contributed by atoms with Gasteiger partial charge in [-0.15, -0.1) is 0 Å².